The number of nitrogens with two attached hydrogens (primary N) is 1. The highest BCUT2D eigenvalue weighted by Crippen LogP contribution is 2.30. The number of benzene rings is 2. The first-order valence-electron chi connectivity index (χ1n) is 8.43. The summed E-state index contributed by atoms with van der Waals surface area (Å²) in [4.78, 5) is 5.52. The second-order valence-corrected chi connectivity index (χ2v) is 8.94. The largest absolute Gasteiger partial charge is 0.314 e. The molecule has 1 heterocycles. The van der Waals surface area contributed by atoms with Gasteiger partial charge in [0.15, 0.2) is 4.80 Å². The van der Waals surface area contributed by atoms with Crippen molar-refractivity contribution in [3.8, 4) is 11.3 Å². The Kier molecular flexibility index (Phi) is 5.86. The standard InChI is InChI=1S/C19H20ClN3O2S2/c1-3-13(2)23-17(12-26-19(23)22-15-7-5-4-6-8-15)14-9-10-16(20)18(11-14)27(21,24)25/h4-13H,3H2,1-2H3,(H2,21,24,25). The van der Waals surface area contributed by atoms with Crippen LogP contribution in [0.3, 0.4) is 0 Å². The molecule has 142 valence electrons. The minimum Gasteiger partial charge on any atom is -0.314 e. The molecule has 3 rings (SSSR count). The molecule has 0 saturated heterocycles. The number of sulfonamides is 1. The maximum atomic E-state index is 11.8. The lowest BCUT2D eigenvalue weighted by Gasteiger charge is -2.16. The maximum absolute atomic E-state index is 11.8. The average Bonchev–Trinajstić information content (AvgIpc) is 3.05. The van der Waals surface area contributed by atoms with Crippen LogP contribution in [0.1, 0.15) is 26.3 Å². The Bertz CT molecular complexity index is 1120. The summed E-state index contributed by atoms with van der Waals surface area (Å²) in [5.41, 5.74) is 2.48. The normalized spacial score (nSPS) is 13.7. The fourth-order valence-corrected chi connectivity index (χ4v) is 4.80. The summed E-state index contributed by atoms with van der Waals surface area (Å²) in [7, 11) is -3.91. The van der Waals surface area contributed by atoms with E-state index in [9.17, 15) is 8.42 Å². The first-order valence-corrected chi connectivity index (χ1v) is 11.2. The lowest BCUT2D eigenvalue weighted by molar-refractivity contribution is 0.524. The number of rotatable bonds is 5. The molecule has 0 spiro atoms. The SMILES string of the molecule is CCC(C)n1c(-c2ccc(Cl)c(S(N)(=O)=O)c2)csc1=Nc1ccccc1. The van der Waals surface area contributed by atoms with E-state index in [-0.39, 0.29) is 16.0 Å². The van der Waals surface area contributed by atoms with Crippen LogP contribution in [0.15, 0.2) is 63.8 Å². The Balaban J connectivity index is 2.22. The molecule has 5 nitrogen and oxygen atoms in total. The molecule has 0 aliphatic heterocycles. The van der Waals surface area contributed by atoms with Crippen LogP contribution in [0.5, 0.6) is 0 Å². The second-order valence-electron chi connectivity index (χ2n) is 6.17. The van der Waals surface area contributed by atoms with Gasteiger partial charge in [0, 0.05) is 17.0 Å². The number of thiazole rings is 1. The van der Waals surface area contributed by atoms with Crippen molar-refractivity contribution in [2.75, 3.05) is 0 Å². The molecule has 1 aromatic heterocycles. The summed E-state index contributed by atoms with van der Waals surface area (Å²) in [6.07, 6.45) is 0.904. The summed E-state index contributed by atoms with van der Waals surface area (Å²) in [5.74, 6) is 0. The van der Waals surface area contributed by atoms with Crippen LogP contribution < -0.4 is 9.94 Å². The Labute approximate surface area is 167 Å². The number of para-hydroxylation sites is 1. The highest BCUT2D eigenvalue weighted by atomic mass is 35.5. The van der Waals surface area contributed by atoms with E-state index in [1.165, 1.54) is 17.4 Å². The third-order valence-corrected chi connectivity index (χ3v) is 6.52. The molecule has 0 bridgehead atoms. The van der Waals surface area contributed by atoms with E-state index in [4.69, 9.17) is 21.7 Å². The lowest BCUT2D eigenvalue weighted by Crippen LogP contribution is -2.19. The van der Waals surface area contributed by atoms with Crippen molar-refractivity contribution in [2.45, 2.75) is 31.2 Å². The van der Waals surface area contributed by atoms with Crippen LogP contribution in [0.25, 0.3) is 11.3 Å². The van der Waals surface area contributed by atoms with Crippen molar-refractivity contribution < 1.29 is 8.42 Å². The molecule has 0 radical (unpaired) electrons. The van der Waals surface area contributed by atoms with Crippen molar-refractivity contribution in [3.05, 3.63) is 63.7 Å². The molecule has 2 aromatic carbocycles. The fourth-order valence-electron chi connectivity index (χ4n) is 2.71. The maximum Gasteiger partial charge on any atom is 0.239 e. The molecular weight excluding hydrogens is 402 g/mol. The van der Waals surface area contributed by atoms with Gasteiger partial charge in [-0.3, -0.25) is 0 Å². The lowest BCUT2D eigenvalue weighted by atomic mass is 10.1. The van der Waals surface area contributed by atoms with Gasteiger partial charge >= 0.3 is 0 Å². The van der Waals surface area contributed by atoms with Crippen molar-refractivity contribution in [1.82, 2.24) is 4.57 Å². The van der Waals surface area contributed by atoms with Gasteiger partial charge in [-0.15, -0.1) is 11.3 Å². The van der Waals surface area contributed by atoms with Gasteiger partial charge in [0.1, 0.15) is 4.90 Å². The van der Waals surface area contributed by atoms with Gasteiger partial charge < -0.3 is 4.57 Å². The van der Waals surface area contributed by atoms with Gasteiger partial charge in [0.05, 0.1) is 16.4 Å². The van der Waals surface area contributed by atoms with Gasteiger partial charge in [-0.05, 0) is 37.6 Å². The molecule has 0 amide bonds. The van der Waals surface area contributed by atoms with Gasteiger partial charge in [0.25, 0.3) is 0 Å². The topological polar surface area (TPSA) is 77.5 Å². The van der Waals surface area contributed by atoms with E-state index in [0.717, 1.165) is 28.2 Å². The number of primary sulfonamides is 1. The van der Waals surface area contributed by atoms with E-state index >= 15 is 0 Å². The quantitative estimate of drug-likeness (QED) is 0.646. The van der Waals surface area contributed by atoms with Crippen LogP contribution in [-0.2, 0) is 10.0 Å². The number of hydrogen-bond donors (Lipinski definition) is 1. The summed E-state index contributed by atoms with van der Waals surface area (Å²) in [6.45, 7) is 4.21. The van der Waals surface area contributed by atoms with Crippen LogP contribution in [0, 0.1) is 0 Å². The molecule has 8 heteroatoms. The van der Waals surface area contributed by atoms with Crippen molar-refractivity contribution in [1.29, 1.82) is 0 Å². The average molecular weight is 422 g/mol. The minimum absolute atomic E-state index is 0.0786. The Hall–Kier alpha value is -1.93. The first-order chi connectivity index (χ1) is 12.8. The Morgan fingerprint density at radius 3 is 2.56 bits per heavy atom. The molecule has 0 saturated carbocycles. The Morgan fingerprint density at radius 2 is 1.93 bits per heavy atom. The summed E-state index contributed by atoms with van der Waals surface area (Å²) < 4.78 is 25.8. The minimum atomic E-state index is -3.91. The summed E-state index contributed by atoms with van der Waals surface area (Å²) >= 11 is 7.54. The first kappa shape index (κ1) is 19.8. The molecule has 27 heavy (non-hydrogen) atoms. The zero-order chi connectivity index (χ0) is 19.6. The van der Waals surface area contributed by atoms with Gasteiger partial charge in [-0.1, -0.05) is 42.8 Å². The van der Waals surface area contributed by atoms with Crippen LogP contribution in [0.4, 0.5) is 5.69 Å². The van der Waals surface area contributed by atoms with E-state index in [0.29, 0.717) is 0 Å². The molecule has 0 aliphatic carbocycles. The second kappa shape index (κ2) is 7.98. The molecule has 1 atom stereocenters. The van der Waals surface area contributed by atoms with Gasteiger partial charge in [-0.2, -0.15) is 0 Å². The van der Waals surface area contributed by atoms with Crippen molar-refractivity contribution in [2.24, 2.45) is 10.1 Å². The summed E-state index contributed by atoms with van der Waals surface area (Å²) in [6, 6.07) is 14.8. The molecule has 0 aliphatic rings. The van der Waals surface area contributed by atoms with E-state index in [1.54, 1.807) is 12.1 Å². The molecule has 2 N–H and O–H groups in total. The third kappa shape index (κ3) is 4.32. The molecule has 3 aromatic rings. The van der Waals surface area contributed by atoms with E-state index < -0.39 is 10.0 Å². The zero-order valence-electron chi connectivity index (χ0n) is 15.0. The molecule has 0 fully saturated rings. The van der Waals surface area contributed by atoms with E-state index in [2.05, 4.69) is 18.4 Å². The van der Waals surface area contributed by atoms with E-state index in [1.807, 2.05) is 35.7 Å². The summed E-state index contributed by atoms with van der Waals surface area (Å²) in [5, 5.41) is 7.39. The van der Waals surface area contributed by atoms with Crippen LogP contribution >= 0.6 is 22.9 Å². The van der Waals surface area contributed by atoms with Crippen molar-refractivity contribution >= 4 is 38.6 Å². The van der Waals surface area contributed by atoms with Crippen molar-refractivity contribution in [3.63, 3.8) is 0 Å². The monoisotopic (exact) mass is 421 g/mol. The smallest absolute Gasteiger partial charge is 0.239 e. The number of aromatic nitrogens is 1. The third-order valence-electron chi connectivity index (χ3n) is 4.29. The molecular formula is C19H20ClN3O2S2. The fraction of sp³-hybridized carbons (Fsp3) is 0.211. The predicted octanol–water partition coefficient (Wildman–Crippen LogP) is 4.72. The van der Waals surface area contributed by atoms with Gasteiger partial charge in [0.2, 0.25) is 10.0 Å². The number of hydrogen-bond acceptors (Lipinski definition) is 4. The highest BCUT2D eigenvalue weighted by molar-refractivity contribution is 7.89. The van der Waals surface area contributed by atoms with Crippen LogP contribution in [0.2, 0.25) is 5.02 Å². The number of nitrogens with zero attached hydrogens (tertiary/aromatic N) is 2. The van der Waals surface area contributed by atoms with Gasteiger partial charge in [-0.25, -0.2) is 18.5 Å². The predicted molar refractivity (Wildman–Crippen MR) is 111 cm³/mol. The number of halogens is 1. The van der Waals surface area contributed by atoms with Crippen LogP contribution in [-0.4, -0.2) is 13.0 Å². The highest BCUT2D eigenvalue weighted by Gasteiger charge is 2.18. The molecule has 1 unspecified atom stereocenters. The Morgan fingerprint density at radius 1 is 1.22 bits per heavy atom. The zero-order valence-corrected chi connectivity index (χ0v) is 17.4.